The van der Waals surface area contributed by atoms with Crippen molar-refractivity contribution in [1.29, 1.82) is 5.26 Å². The van der Waals surface area contributed by atoms with Gasteiger partial charge in [0, 0.05) is 5.69 Å². The van der Waals surface area contributed by atoms with E-state index in [-0.39, 0.29) is 11.8 Å². The Labute approximate surface area is 131 Å². The minimum atomic E-state index is -0.280. The molecule has 0 spiro atoms. The van der Waals surface area contributed by atoms with Gasteiger partial charge >= 0.3 is 0 Å². The van der Waals surface area contributed by atoms with E-state index in [2.05, 4.69) is 37.5 Å². The third kappa shape index (κ3) is 3.50. The lowest BCUT2D eigenvalue weighted by atomic mass is 10.1. The van der Waals surface area contributed by atoms with Crippen molar-refractivity contribution in [2.24, 2.45) is 0 Å². The van der Waals surface area contributed by atoms with E-state index in [0.29, 0.717) is 22.3 Å². The Bertz CT molecular complexity index is 683. The number of carbonyl (C=O) groups excluding carboxylic acids is 1. The maximum Gasteiger partial charge on any atom is 0.277 e. The fourth-order valence-electron chi connectivity index (χ4n) is 1.86. The molecule has 0 aliphatic carbocycles. The summed E-state index contributed by atoms with van der Waals surface area (Å²) in [4.78, 5) is 12.2. The number of carbonyl (C=O) groups is 1. The van der Waals surface area contributed by atoms with Crippen LogP contribution in [0.2, 0.25) is 0 Å². The van der Waals surface area contributed by atoms with Gasteiger partial charge in [-0.3, -0.25) is 9.89 Å². The summed E-state index contributed by atoms with van der Waals surface area (Å²) in [5.41, 5.74) is 2.81. The normalized spacial score (nSPS) is 10.4. The van der Waals surface area contributed by atoms with Crippen molar-refractivity contribution < 1.29 is 4.79 Å². The third-order valence-electron chi connectivity index (χ3n) is 3.02. The first kappa shape index (κ1) is 15.3. The molecule has 0 atom stereocenters. The van der Waals surface area contributed by atoms with Gasteiger partial charge in [-0.2, -0.15) is 10.4 Å². The van der Waals surface area contributed by atoms with Gasteiger partial charge in [-0.05, 0) is 39.5 Å². The molecule has 0 saturated carbocycles. The summed E-state index contributed by atoms with van der Waals surface area (Å²) in [6.45, 7) is 4.04. The summed E-state index contributed by atoms with van der Waals surface area (Å²) in [6, 6.07) is 9.26. The van der Waals surface area contributed by atoms with Gasteiger partial charge in [0.1, 0.15) is 0 Å². The molecular formula is C15H15BrN4O. The van der Waals surface area contributed by atoms with E-state index in [1.807, 2.05) is 26.0 Å². The van der Waals surface area contributed by atoms with Crippen molar-refractivity contribution in [3.63, 3.8) is 0 Å². The van der Waals surface area contributed by atoms with Gasteiger partial charge in [0.25, 0.3) is 5.91 Å². The molecule has 0 radical (unpaired) electrons. The van der Waals surface area contributed by atoms with E-state index in [1.165, 1.54) is 0 Å². The standard InChI is InChI=1S/C15H15BrN4O/c1-9(2)13-12(16)14(20-19-13)15(21)18-11-5-3-10(4-6-11)7-8-17/h3-6,9H,7H2,1-2H3,(H,18,21)(H,19,20). The SMILES string of the molecule is CC(C)c1[nH]nc(C(=O)Nc2ccc(CC#N)cc2)c1Br. The molecular weight excluding hydrogens is 332 g/mol. The van der Waals surface area contributed by atoms with Crippen LogP contribution < -0.4 is 5.32 Å². The Morgan fingerprint density at radius 2 is 2.10 bits per heavy atom. The van der Waals surface area contributed by atoms with Crippen LogP contribution in [-0.2, 0) is 6.42 Å². The van der Waals surface area contributed by atoms with E-state index >= 15 is 0 Å². The molecule has 0 unspecified atom stereocenters. The number of nitrogens with zero attached hydrogens (tertiary/aromatic N) is 2. The van der Waals surface area contributed by atoms with E-state index in [0.717, 1.165) is 11.3 Å². The van der Waals surface area contributed by atoms with Crippen molar-refractivity contribution in [3.8, 4) is 6.07 Å². The molecule has 0 fully saturated rings. The molecule has 2 N–H and O–H groups in total. The second-order valence-corrected chi connectivity index (χ2v) is 5.73. The zero-order valence-electron chi connectivity index (χ0n) is 11.8. The van der Waals surface area contributed by atoms with Crippen molar-refractivity contribution in [2.45, 2.75) is 26.2 Å². The monoisotopic (exact) mass is 346 g/mol. The van der Waals surface area contributed by atoms with E-state index < -0.39 is 0 Å². The molecule has 1 aromatic carbocycles. The highest BCUT2D eigenvalue weighted by atomic mass is 79.9. The van der Waals surface area contributed by atoms with Crippen LogP contribution in [0.4, 0.5) is 5.69 Å². The third-order valence-corrected chi connectivity index (χ3v) is 3.82. The van der Waals surface area contributed by atoms with E-state index in [4.69, 9.17) is 5.26 Å². The van der Waals surface area contributed by atoms with Gasteiger partial charge in [0.15, 0.2) is 5.69 Å². The number of H-pyrrole nitrogens is 1. The van der Waals surface area contributed by atoms with Crippen molar-refractivity contribution in [1.82, 2.24) is 10.2 Å². The second-order valence-electron chi connectivity index (χ2n) is 4.94. The molecule has 0 aliphatic heterocycles. The van der Waals surface area contributed by atoms with Gasteiger partial charge in [-0.1, -0.05) is 26.0 Å². The van der Waals surface area contributed by atoms with Crippen molar-refractivity contribution in [2.75, 3.05) is 5.32 Å². The molecule has 2 aromatic rings. The van der Waals surface area contributed by atoms with Crippen LogP contribution >= 0.6 is 15.9 Å². The summed E-state index contributed by atoms with van der Waals surface area (Å²) in [6.07, 6.45) is 0.358. The molecule has 21 heavy (non-hydrogen) atoms. The van der Waals surface area contributed by atoms with Crippen LogP contribution in [0.3, 0.4) is 0 Å². The second kappa shape index (κ2) is 6.55. The number of hydrogen-bond donors (Lipinski definition) is 2. The minimum absolute atomic E-state index is 0.249. The molecule has 0 bridgehead atoms. The van der Waals surface area contributed by atoms with Crippen LogP contribution in [0.15, 0.2) is 28.7 Å². The molecule has 108 valence electrons. The lowest BCUT2D eigenvalue weighted by Gasteiger charge is -2.05. The maximum atomic E-state index is 12.2. The van der Waals surface area contributed by atoms with Gasteiger partial charge < -0.3 is 5.32 Å². The summed E-state index contributed by atoms with van der Waals surface area (Å²) >= 11 is 3.41. The molecule has 2 rings (SSSR count). The first-order valence-corrected chi connectivity index (χ1v) is 7.33. The van der Waals surface area contributed by atoms with Crippen molar-refractivity contribution >= 4 is 27.5 Å². The molecule has 0 saturated heterocycles. The Balaban J connectivity index is 2.13. The number of nitriles is 1. The Morgan fingerprint density at radius 3 is 2.62 bits per heavy atom. The summed E-state index contributed by atoms with van der Waals surface area (Å²) < 4.78 is 0.691. The molecule has 1 aromatic heterocycles. The van der Waals surface area contributed by atoms with Crippen LogP contribution in [0.5, 0.6) is 0 Å². The number of rotatable bonds is 4. The maximum absolute atomic E-state index is 12.2. The summed E-state index contributed by atoms with van der Waals surface area (Å²) in [5, 5.41) is 18.3. The minimum Gasteiger partial charge on any atom is -0.321 e. The average molecular weight is 347 g/mol. The van der Waals surface area contributed by atoms with Gasteiger partial charge in [-0.25, -0.2) is 0 Å². The highest BCUT2D eigenvalue weighted by Crippen LogP contribution is 2.26. The van der Waals surface area contributed by atoms with E-state index in [1.54, 1.807) is 12.1 Å². The number of benzene rings is 1. The molecule has 0 aliphatic rings. The van der Waals surface area contributed by atoms with Crippen molar-refractivity contribution in [3.05, 3.63) is 45.7 Å². The predicted molar refractivity (Wildman–Crippen MR) is 84.1 cm³/mol. The number of hydrogen-bond acceptors (Lipinski definition) is 3. The zero-order valence-corrected chi connectivity index (χ0v) is 13.4. The fourth-order valence-corrected chi connectivity index (χ4v) is 2.68. The molecule has 6 heteroatoms. The van der Waals surface area contributed by atoms with Crippen LogP contribution in [0.1, 0.15) is 41.5 Å². The number of halogens is 1. The summed E-state index contributed by atoms with van der Waals surface area (Å²) in [5.74, 6) is -0.0308. The van der Waals surface area contributed by atoms with Gasteiger partial charge in [0.2, 0.25) is 0 Å². The number of anilines is 1. The predicted octanol–water partition coefficient (Wildman–Crippen LogP) is 3.61. The highest BCUT2D eigenvalue weighted by molar-refractivity contribution is 9.10. The zero-order chi connectivity index (χ0) is 15.4. The van der Waals surface area contributed by atoms with Crippen LogP contribution in [0.25, 0.3) is 0 Å². The lowest BCUT2D eigenvalue weighted by Crippen LogP contribution is -2.13. The Hall–Kier alpha value is -2.13. The Kier molecular flexibility index (Phi) is 4.76. The topological polar surface area (TPSA) is 81.6 Å². The van der Waals surface area contributed by atoms with Gasteiger partial charge in [-0.15, -0.1) is 0 Å². The van der Waals surface area contributed by atoms with Crippen LogP contribution in [0, 0.1) is 11.3 Å². The Morgan fingerprint density at radius 1 is 1.43 bits per heavy atom. The first-order valence-electron chi connectivity index (χ1n) is 6.54. The smallest absolute Gasteiger partial charge is 0.277 e. The summed E-state index contributed by atoms with van der Waals surface area (Å²) in [7, 11) is 0. The van der Waals surface area contributed by atoms with Crippen LogP contribution in [-0.4, -0.2) is 16.1 Å². The average Bonchev–Trinajstić information content (AvgIpc) is 2.83. The molecule has 5 nitrogen and oxygen atoms in total. The van der Waals surface area contributed by atoms with Gasteiger partial charge in [0.05, 0.1) is 22.7 Å². The number of aromatic nitrogens is 2. The lowest BCUT2D eigenvalue weighted by molar-refractivity contribution is 0.102. The number of aromatic amines is 1. The fraction of sp³-hybridized carbons (Fsp3) is 0.267. The number of nitrogens with one attached hydrogen (secondary N) is 2. The number of amides is 1. The largest absolute Gasteiger partial charge is 0.321 e. The molecule has 1 heterocycles. The first-order chi connectivity index (χ1) is 10.0. The molecule has 1 amide bonds. The van der Waals surface area contributed by atoms with E-state index in [9.17, 15) is 4.79 Å². The highest BCUT2D eigenvalue weighted by Gasteiger charge is 2.19. The quantitative estimate of drug-likeness (QED) is 0.886.